The molecule has 7 heteroatoms. The standard InChI is InChI=1S/C12H19N5O2/c1-12(2,3)11-14-9(15-16-11)10(19)17-5-4-7(6-17)8(13)18/h7H,4-6H2,1-3H3,(H2,13,18)(H,14,15,16). The van der Waals surface area contributed by atoms with Crippen molar-refractivity contribution in [2.75, 3.05) is 13.1 Å². The molecule has 1 aromatic heterocycles. The van der Waals surface area contributed by atoms with Crippen LogP contribution in [0.15, 0.2) is 0 Å². The number of amides is 2. The molecule has 0 aliphatic carbocycles. The highest BCUT2D eigenvalue weighted by Gasteiger charge is 2.32. The Hall–Kier alpha value is -1.92. The molecular formula is C12H19N5O2. The number of H-pyrrole nitrogens is 1. The van der Waals surface area contributed by atoms with Crippen LogP contribution in [0, 0.1) is 5.92 Å². The Morgan fingerprint density at radius 2 is 2.11 bits per heavy atom. The lowest BCUT2D eigenvalue weighted by Crippen LogP contribution is -2.32. The molecule has 0 radical (unpaired) electrons. The van der Waals surface area contributed by atoms with Gasteiger partial charge in [-0.3, -0.25) is 14.7 Å². The van der Waals surface area contributed by atoms with Crippen LogP contribution < -0.4 is 5.73 Å². The first-order valence-electron chi connectivity index (χ1n) is 6.30. The number of primary amides is 1. The van der Waals surface area contributed by atoms with Crippen LogP contribution in [0.1, 0.15) is 43.6 Å². The summed E-state index contributed by atoms with van der Waals surface area (Å²) in [5.74, 6) is -0.0577. The maximum absolute atomic E-state index is 12.2. The zero-order valence-corrected chi connectivity index (χ0v) is 11.4. The summed E-state index contributed by atoms with van der Waals surface area (Å²) in [4.78, 5) is 29.1. The minimum atomic E-state index is -0.360. The lowest BCUT2D eigenvalue weighted by Gasteiger charge is -2.14. The van der Waals surface area contributed by atoms with Gasteiger partial charge in [0, 0.05) is 18.5 Å². The summed E-state index contributed by atoms with van der Waals surface area (Å²) < 4.78 is 0. The van der Waals surface area contributed by atoms with Crippen LogP contribution in [0.4, 0.5) is 0 Å². The van der Waals surface area contributed by atoms with Crippen LogP contribution >= 0.6 is 0 Å². The van der Waals surface area contributed by atoms with Gasteiger partial charge in [0.2, 0.25) is 11.7 Å². The number of aromatic nitrogens is 3. The predicted molar refractivity (Wildman–Crippen MR) is 68.3 cm³/mol. The third-order valence-electron chi connectivity index (χ3n) is 3.26. The SMILES string of the molecule is CC(C)(C)c1nc(C(=O)N2CCC(C(N)=O)C2)n[nH]1. The molecular weight excluding hydrogens is 246 g/mol. The lowest BCUT2D eigenvalue weighted by atomic mass is 9.96. The van der Waals surface area contributed by atoms with E-state index in [1.54, 1.807) is 4.90 Å². The maximum atomic E-state index is 12.2. The smallest absolute Gasteiger partial charge is 0.293 e. The van der Waals surface area contributed by atoms with Crippen molar-refractivity contribution in [2.45, 2.75) is 32.6 Å². The Labute approximate surface area is 111 Å². The van der Waals surface area contributed by atoms with Crippen LogP contribution in [0.25, 0.3) is 0 Å². The molecule has 3 N–H and O–H groups in total. The molecule has 1 atom stereocenters. The molecule has 104 valence electrons. The van der Waals surface area contributed by atoms with E-state index in [-0.39, 0.29) is 29.0 Å². The summed E-state index contributed by atoms with van der Waals surface area (Å²) in [5.41, 5.74) is 5.06. The second kappa shape index (κ2) is 4.64. The second-order valence-electron chi connectivity index (χ2n) is 5.90. The van der Waals surface area contributed by atoms with Crippen LogP contribution in [0.2, 0.25) is 0 Å². The highest BCUT2D eigenvalue weighted by molar-refractivity contribution is 5.91. The van der Waals surface area contributed by atoms with Crippen LogP contribution in [-0.4, -0.2) is 45.0 Å². The van der Waals surface area contributed by atoms with Crippen molar-refractivity contribution in [2.24, 2.45) is 11.7 Å². The highest BCUT2D eigenvalue weighted by Crippen LogP contribution is 2.20. The number of rotatable bonds is 2. The summed E-state index contributed by atoms with van der Waals surface area (Å²) in [6, 6.07) is 0. The van der Waals surface area contributed by atoms with Gasteiger partial charge in [0.15, 0.2) is 0 Å². The Kier molecular flexibility index (Phi) is 3.30. The van der Waals surface area contributed by atoms with E-state index in [0.717, 1.165) is 0 Å². The van der Waals surface area contributed by atoms with Crippen molar-refractivity contribution >= 4 is 11.8 Å². The van der Waals surface area contributed by atoms with Gasteiger partial charge in [0.05, 0.1) is 5.92 Å². The van der Waals surface area contributed by atoms with Crippen molar-refractivity contribution in [3.8, 4) is 0 Å². The number of nitrogens with zero attached hydrogens (tertiary/aromatic N) is 3. The van der Waals surface area contributed by atoms with E-state index in [0.29, 0.717) is 25.3 Å². The average molecular weight is 265 g/mol. The largest absolute Gasteiger partial charge is 0.369 e. The fraction of sp³-hybridized carbons (Fsp3) is 0.667. The van der Waals surface area contributed by atoms with Gasteiger partial charge < -0.3 is 10.6 Å². The number of carbonyl (C=O) groups is 2. The maximum Gasteiger partial charge on any atom is 0.293 e. The number of nitrogens with one attached hydrogen (secondary N) is 1. The van der Waals surface area contributed by atoms with Gasteiger partial charge in [-0.05, 0) is 6.42 Å². The zero-order valence-electron chi connectivity index (χ0n) is 11.4. The van der Waals surface area contributed by atoms with Gasteiger partial charge in [-0.15, -0.1) is 5.10 Å². The van der Waals surface area contributed by atoms with Gasteiger partial charge in [-0.25, -0.2) is 4.98 Å². The normalized spacial score (nSPS) is 19.7. The molecule has 0 spiro atoms. The van der Waals surface area contributed by atoms with Gasteiger partial charge >= 0.3 is 0 Å². The third kappa shape index (κ3) is 2.74. The molecule has 0 bridgehead atoms. The molecule has 1 aromatic rings. The van der Waals surface area contributed by atoms with Crippen molar-refractivity contribution < 1.29 is 9.59 Å². The first-order chi connectivity index (χ1) is 8.79. The minimum Gasteiger partial charge on any atom is -0.369 e. The van der Waals surface area contributed by atoms with Crippen molar-refractivity contribution in [1.82, 2.24) is 20.1 Å². The average Bonchev–Trinajstić information content (AvgIpc) is 2.97. The molecule has 1 aliphatic heterocycles. The van der Waals surface area contributed by atoms with Gasteiger partial charge in [-0.2, -0.15) is 0 Å². The van der Waals surface area contributed by atoms with E-state index in [1.165, 1.54) is 0 Å². The predicted octanol–water partition coefficient (Wildman–Crippen LogP) is 0.0496. The van der Waals surface area contributed by atoms with E-state index in [1.807, 2.05) is 20.8 Å². The molecule has 2 amide bonds. The van der Waals surface area contributed by atoms with Crippen LogP contribution in [0.5, 0.6) is 0 Å². The molecule has 7 nitrogen and oxygen atoms in total. The number of likely N-dealkylation sites (tertiary alicyclic amines) is 1. The van der Waals surface area contributed by atoms with E-state index in [2.05, 4.69) is 15.2 Å². The first-order valence-corrected chi connectivity index (χ1v) is 6.30. The summed E-state index contributed by atoms with van der Waals surface area (Å²) in [6.07, 6.45) is 0.609. The zero-order chi connectivity index (χ0) is 14.2. The third-order valence-corrected chi connectivity index (χ3v) is 3.26. The molecule has 0 saturated carbocycles. The summed E-state index contributed by atoms with van der Waals surface area (Å²) in [7, 11) is 0. The molecule has 2 rings (SSSR count). The minimum absolute atomic E-state index is 0.148. The topological polar surface area (TPSA) is 105 Å². The summed E-state index contributed by atoms with van der Waals surface area (Å²) >= 11 is 0. The molecule has 1 fully saturated rings. The van der Waals surface area contributed by atoms with Crippen molar-refractivity contribution in [3.63, 3.8) is 0 Å². The van der Waals surface area contributed by atoms with Gasteiger partial charge in [0.25, 0.3) is 5.91 Å². The van der Waals surface area contributed by atoms with Crippen LogP contribution in [0.3, 0.4) is 0 Å². The summed E-state index contributed by atoms with van der Waals surface area (Å²) in [6.45, 7) is 6.83. The number of aromatic amines is 1. The summed E-state index contributed by atoms with van der Waals surface area (Å²) in [5, 5.41) is 6.74. The van der Waals surface area contributed by atoms with Crippen molar-refractivity contribution in [1.29, 1.82) is 0 Å². The first kappa shape index (κ1) is 13.5. The Bertz CT molecular complexity index is 502. The quantitative estimate of drug-likeness (QED) is 0.788. The number of nitrogens with two attached hydrogens (primary N) is 1. The van der Waals surface area contributed by atoms with E-state index >= 15 is 0 Å². The molecule has 2 heterocycles. The molecule has 1 saturated heterocycles. The van der Waals surface area contributed by atoms with Gasteiger partial charge in [-0.1, -0.05) is 20.8 Å². The highest BCUT2D eigenvalue weighted by atomic mass is 16.2. The van der Waals surface area contributed by atoms with E-state index < -0.39 is 0 Å². The Morgan fingerprint density at radius 1 is 1.42 bits per heavy atom. The lowest BCUT2D eigenvalue weighted by molar-refractivity contribution is -0.121. The number of hydrogen-bond donors (Lipinski definition) is 2. The molecule has 19 heavy (non-hydrogen) atoms. The second-order valence-corrected chi connectivity index (χ2v) is 5.90. The van der Waals surface area contributed by atoms with E-state index in [9.17, 15) is 9.59 Å². The number of carbonyl (C=O) groups excluding carboxylic acids is 2. The van der Waals surface area contributed by atoms with E-state index in [4.69, 9.17) is 5.73 Å². The molecule has 1 aliphatic rings. The fourth-order valence-corrected chi connectivity index (χ4v) is 2.01. The fourth-order valence-electron chi connectivity index (χ4n) is 2.01. The Morgan fingerprint density at radius 3 is 2.58 bits per heavy atom. The van der Waals surface area contributed by atoms with Gasteiger partial charge in [0.1, 0.15) is 5.82 Å². The Balaban J connectivity index is 2.09. The molecule has 0 aromatic carbocycles. The molecule has 1 unspecified atom stereocenters. The van der Waals surface area contributed by atoms with Crippen LogP contribution in [-0.2, 0) is 10.2 Å². The monoisotopic (exact) mass is 265 g/mol. The number of hydrogen-bond acceptors (Lipinski definition) is 4. The van der Waals surface area contributed by atoms with Crippen molar-refractivity contribution in [3.05, 3.63) is 11.6 Å².